The third-order valence-corrected chi connectivity index (χ3v) is 4.11. The predicted octanol–water partition coefficient (Wildman–Crippen LogP) is 4.92. The van der Waals surface area contributed by atoms with Crippen molar-refractivity contribution in [3.63, 3.8) is 0 Å². The van der Waals surface area contributed by atoms with Crippen LogP contribution in [0.4, 0.5) is 0 Å². The van der Waals surface area contributed by atoms with Crippen molar-refractivity contribution < 1.29 is 5.11 Å². The number of aliphatic hydroxyl groups is 1. The molecule has 1 aliphatic rings. The smallest absolute Gasteiger partial charge is 0.0830 e. The summed E-state index contributed by atoms with van der Waals surface area (Å²) in [4.78, 5) is 0. The van der Waals surface area contributed by atoms with E-state index in [-0.39, 0.29) is 11.5 Å². The maximum atomic E-state index is 10.2. The Bertz CT molecular complexity index is 477. The number of aliphatic hydroxyl groups excluding tert-OH is 1. The van der Waals surface area contributed by atoms with Gasteiger partial charge in [0.05, 0.1) is 6.10 Å². The molecule has 2 unspecified atom stereocenters. The van der Waals surface area contributed by atoms with Crippen LogP contribution in [0.1, 0.15) is 69.8 Å². The fourth-order valence-electron chi connectivity index (χ4n) is 3.62. The SMILES string of the molecule is CC(C)C(c1cccc2c1C=CCC2O)C(C)(C)C. The summed E-state index contributed by atoms with van der Waals surface area (Å²) in [6, 6.07) is 6.39. The number of benzene rings is 1. The lowest BCUT2D eigenvalue weighted by Crippen LogP contribution is -2.25. The molecule has 0 amide bonds. The Morgan fingerprint density at radius 3 is 2.47 bits per heavy atom. The number of rotatable bonds is 2. The van der Waals surface area contributed by atoms with E-state index in [1.165, 1.54) is 11.1 Å². The van der Waals surface area contributed by atoms with Crippen LogP contribution in [0, 0.1) is 11.3 Å². The molecule has 104 valence electrons. The molecule has 0 saturated carbocycles. The first-order chi connectivity index (χ1) is 8.82. The number of fused-ring (bicyclic) bond motifs is 1. The first-order valence-electron chi connectivity index (χ1n) is 7.29. The lowest BCUT2D eigenvalue weighted by molar-refractivity contribution is 0.179. The van der Waals surface area contributed by atoms with Crippen molar-refractivity contribution in [3.8, 4) is 0 Å². The van der Waals surface area contributed by atoms with Crippen LogP contribution >= 0.6 is 0 Å². The van der Waals surface area contributed by atoms with E-state index >= 15 is 0 Å². The Labute approximate surface area is 117 Å². The fraction of sp³-hybridized carbons (Fsp3) is 0.556. The first-order valence-corrected chi connectivity index (χ1v) is 7.29. The Morgan fingerprint density at radius 1 is 1.21 bits per heavy atom. The first kappa shape index (κ1) is 14.3. The Kier molecular flexibility index (Phi) is 3.87. The second-order valence-electron chi connectivity index (χ2n) is 7.09. The van der Waals surface area contributed by atoms with Crippen molar-refractivity contribution in [2.75, 3.05) is 0 Å². The van der Waals surface area contributed by atoms with Crippen LogP contribution in [0.5, 0.6) is 0 Å². The van der Waals surface area contributed by atoms with Crippen LogP contribution in [-0.2, 0) is 0 Å². The summed E-state index contributed by atoms with van der Waals surface area (Å²) in [5.41, 5.74) is 3.94. The van der Waals surface area contributed by atoms with Gasteiger partial charge in [0.2, 0.25) is 0 Å². The van der Waals surface area contributed by atoms with Gasteiger partial charge in [-0.1, -0.05) is 65.0 Å². The van der Waals surface area contributed by atoms with E-state index in [2.05, 4.69) is 65.0 Å². The molecule has 1 N–H and O–H groups in total. The molecule has 0 radical (unpaired) electrons. The molecule has 0 saturated heterocycles. The van der Waals surface area contributed by atoms with Crippen molar-refractivity contribution in [2.24, 2.45) is 11.3 Å². The normalized spacial score (nSPS) is 20.5. The van der Waals surface area contributed by atoms with E-state index in [4.69, 9.17) is 0 Å². The Hall–Kier alpha value is -1.08. The van der Waals surface area contributed by atoms with Gasteiger partial charge in [0.15, 0.2) is 0 Å². The maximum Gasteiger partial charge on any atom is 0.0830 e. The van der Waals surface area contributed by atoms with Crippen molar-refractivity contribution in [3.05, 3.63) is 41.0 Å². The van der Waals surface area contributed by atoms with Gasteiger partial charge in [0.25, 0.3) is 0 Å². The van der Waals surface area contributed by atoms with Gasteiger partial charge in [0, 0.05) is 0 Å². The molecule has 1 nitrogen and oxygen atoms in total. The molecule has 1 aliphatic carbocycles. The van der Waals surface area contributed by atoms with Gasteiger partial charge in [-0.15, -0.1) is 0 Å². The highest BCUT2D eigenvalue weighted by Crippen LogP contribution is 2.44. The molecule has 2 atom stereocenters. The largest absolute Gasteiger partial charge is 0.388 e. The standard InChI is InChI=1S/C18H26O/c1-12(2)17(18(3,4)5)15-10-6-9-14-13(15)8-7-11-16(14)19/h6-10,12,16-17,19H,11H2,1-5H3. The second-order valence-corrected chi connectivity index (χ2v) is 7.09. The van der Waals surface area contributed by atoms with Gasteiger partial charge in [-0.2, -0.15) is 0 Å². The zero-order valence-electron chi connectivity index (χ0n) is 12.8. The summed E-state index contributed by atoms with van der Waals surface area (Å²) in [6.07, 6.45) is 4.68. The summed E-state index contributed by atoms with van der Waals surface area (Å²) in [5.74, 6) is 1.08. The summed E-state index contributed by atoms with van der Waals surface area (Å²) in [7, 11) is 0. The van der Waals surface area contributed by atoms with Gasteiger partial charge in [0.1, 0.15) is 0 Å². The van der Waals surface area contributed by atoms with E-state index in [1.54, 1.807) is 0 Å². The highest BCUT2D eigenvalue weighted by Gasteiger charge is 2.31. The zero-order valence-corrected chi connectivity index (χ0v) is 12.8. The third kappa shape index (κ3) is 2.76. The molecule has 2 rings (SSSR count). The lowest BCUT2D eigenvalue weighted by Gasteiger charge is -2.36. The van der Waals surface area contributed by atoms with Crippen molar-refractivity contribution >= 4 is 6.08 Å². The van der Waals surface area contributed by atoms with Gasteiger partial charge >= 0.3 is 0 Å². The molecular weight excluding hydrogens is 232 g/mol. The highest BCUT2D eigenvalue weighted by atomic mass is 16.3. The minimum atomic E-state index is -0.340. The molecule has 0 aromatic heterocycles. The van der Waals surface area contributed by atoms with E-state index < -0.39 is 0 Å². The zero-order chi connectivity index (χ0) is 14.2. The molecule has 1 aromatic rings. The van der Waals surface area contributed by atoms with E-state index in [0.29, 0.717) is 11.8 Å². The van der Waals surface area contributed by atoms with E-state index in [0.717, 1.165) is 12.0 Å². The van der Waals surface area contributed by atoms with Crippen LogP contribution in [-0.4, -0.2) is 5.11 Å². The lowest BCUT2D eigenvalue weighted by atomic mass is 9.68. The Morgan fingerprint density at radius 2 is 1.89 bits per heavy atom. The van der Waals surface area contributed by atoms with Gasteiger partial charge in [-0.25, -0.2) is 0 Å². The van der Waals surface area contributed by atoms with Crippen LogP contribution in [0.3, 0.4) is 0 Å². The van der Waals surface area contributed by atoms with Crippen molar-refractivity contribution in [2.45, 2.75) is 53.1 Å². The molecular formula is C18H26O. The molecule has 0 spiro atoms. The summed E-state index contributed by atoms with van der Waals surface area (Å²) >= 11 is 0. The summed E-state index contributed by atoms with van der Waals surface area (Å²) in [5, 5.41) is 10.2. The van der Waals surface area contributed by atoms with Crippen molar-refractivity contribution in [1.29, 1.82) is 0 Å². The number of hydrogen-bond acceptors (Lipinski definition) is 1. The quantitative estimate of drug-likeness (QED) is 0.798. The van der Waals surface area contributed by atoms with Crippen LogP contribution < -0.4 is 0 Å². The van der Waals surface area contributed by atoms with Gasteiger partial charge in [-0.3, -0.25) is 0 Å². The van der Waals surface area contributed by atoms with Gasteiger partial charge in [-0.05, 0) is 40.4 Å². The molecule has 0 bridgehead atoms. The van der Waals surface area contributed by atoms with Crippen molar-refractivity contribution in [1.82, 2.24) is 0 Å². The summed E-state index contributed by atoms with van der Waals surface area (Å²) < 4.78 is 0. The molecule has 0 aliphatic heterocycles. The topological polar surface area (TPSA) is 20.2 Å². The third-order valence-electron chi connectivity index (χ3n) is 4.11. The molecule has 19 heavy (non-hydrogen) atoms. The van der Waals surface area contributed by atoms with Crippen LogP contribution in [0.25, 0.3) is 6.08 Å². The minimum Gasteiger partial charge on any atom is -0.388 e. The van der Waals surface area contributed by atoms with Gasteiger partial charge < -0.3 is 5.11 Å². The van der Waals surface area contributed by atoms with Crippen LogP contribution in [0.2, 0.25) is 0 Å². The Balaban J connectivity index is 2.57. The fourth-order valence-corrected chi connectivity index (χ4v) is 3.62. The average molecular weight is 258 g/mol. The average Bonchev–Trinajstić information content (AvgIpc) is 2.28. The second kappa shape index (κ2) is 5.13. The van der Waals surface area contributed by atoms with E-state index in [1.807, 2.05) is 0 Å². The summed E-state index contributed by atoms with van der Waals surface area (Å²) in [6.45, 7) is 11.5. The monoisotopic (exact) mass is 258 g/mol. The minimum absolute atomic E-state index is 0.222. The highest BCUT2D eigenvalue weighted by molar-refractivity contribution is 5.62. The van der Waals surface area contributed by atoms with Crippen LogP contribution in [0.15, 0.2) is 24.3 Å². The molecule has 1 aromatic carbocycles. The number of hydrogen-bond donors (Lipinski definition) is 1. The molecule has 0 heterocycles. The molecule has 1 heteroatoms. The predicted molar refractivity (Wildman–Crippen MR) is 82.1 cm³/mol. The molecule has 0 fully saturated rings. The maximum absolute atomic E-state index is 10.2. The van der Waals surface area contributed by atoms with E-state index in [9.17, 15) is 5.11 Å².